The van der Waals surface area contributed by atoms with Gasteiger partial charge in [0, 0.05) is 6.04 Å². The Labute approximate surface area is 140 Å². The fourth-order valence-electron chi connectivity index (χ4n) is 3.54. The molecule has 1 unspecified atom stereocenters. The largest absolute Gasteiger partial charge is 0.323 e. The van der Waals surface area contributed by atoms with Crippen molar-refractivity contribution in [3.05, 3.63) is 28.0 Å². The molecular weight excluding hydrogens is 327 g/mol. The molecular formula is C16H19Cl3N2. The van der Waals surface area contributed by atoms with Gasteiger partial charge in [0.2, 0.25) is 0 Å². The van der Waals surface area contributed by atoms with Crippen molar-refractivity contribution in [2.45, 2.75) is 51.5 Å². The first-order valence-electron chi connectivity index (χ1n) is 7.36. The number of imidazole rings is 1. The molecule has 1 aromatic carbocycles. The maximum Gasteiger partial charge on any atom is 0.125 e. The van der Waals surface area contributed by atoms with Crippen molar-refractivity contribution in [3.8, 4) is 0 Å². The lowest BCUT2D eigenvalue weighted by atomic mass is 9.73. The van der Waals surface area contributed by atoms with E-state index in [1.54, 1.807) is 0 Å². The Morgan fingerprint density at radius 1 is 1.24 bits per heavy atom. The molecule has 0 amide bonds. The first kappa shape index (κ1) is 15.5. The molecule has 0 radical (unpaired) electrons. The van der Waals surface area contributed by atoms with E-state index in [1.807, 2.05) is 12.1 Å². The van der Waals surface area contributed by atoms with Crippen LogP contribution in [0.15, 0.2) is 12.1 Å². The second-order valence-electron chi connectivity index (χ2n) is 6.54. The normalized spacial score (nSPS) is 21.9. The third kappa shape index (κ3) is 2.67. The number of hydrogen-bond acceptors (Lipinski definition) is 1. The fourth-order valence-corrected chi connectivity index (χ4v) is 4.04. The van der Waals surface area contributed by atoms with Crippen molar-refractivity contribution in [1.29, 1.82) is 0 Å². The van der Waals surface area contributed by atoms with Gasteiger partial charge in [-0.2, -0.15) is 0 Å². The summed E-state index contributed by atoms with van der Waals surface area (Å²) in [5.41, 5.74) is 2.15. The average molecular weight is 346 g/mol. The van der Waals surface area contributed by atoms with E-state index in [2.05, 4.69) is 23.4 Å². The second kappa shape index (κ2) is 5.64. The van der Waals surface area contributed by atoms with Crippen LogP contribution in [0, 0.1) is 5.41 Å². The third-order valence-electron chi connectivity index (χ3n) is 4.69. The molecule has 1 fully saturated rings. The second-order valence-corrected chi connectivity index (χ2v) is 7.62. The Bertz CT molecular complexity index is 676. The number of nitrogens with zero attached hydrogens (tertiary/aromatic N) is 2. The van der Waals surface area contributed by atoms with Crippen LogP contribution in [0.5, 0.6) is 0 Å². The van der Waals surface area contributed by atoms with Crippen molar-refractivity contribution in [1.82, 2.24) is 9.55 Å². The van der Waals surface area contributed by atoms with Crippen LogP contribution in [0.3, 0.4) is 0 Å². The molecule has 1 aliphatic carbocycles. The molecule has 0 N–H and O–H groups in total. The van der Waals surface area contributed by atoms with Crippen LogP contribution in [-0.2, 0) is 5.88 Å². The summed E-state index contributed by atoms with van der Waals surface area (Å²) in [6.07, 6.45) is 4.92. The molecule has 114 valence electrons. The molecule has 1 aromatic heterocycles. The summed E-state index contributed by atoms with van der Waals surface area (Å²) in [5.74, 6) is 1.31. The monoisotopic (exact) mass is 344 g/mol. The van der Waals surface area contributed by atoms with Gasteiger partial charge in [0.25, 0.3) is 0 Å². The minimum Gasteiger partial charge on any atom is -0.323 e. The summed E-state index contributed by atoms with van der Waals surface area (Å²) in [7, 11) is 0. The topological polar surface area (TPSA) is 17.8 Å². The van der Waals surface area contributed by atoms with E-state index in [0.717, 1.165) is 23.3 Å². The highest BCUT2D eigenvalue weighted by Crippen LogP contribution is 2.46. The smallest absolute Gasteiger partial charge is 0.125 e. The van der Waals surface area contributed by atoms with Gasteiger partial charge in [0.1, 0.15) is 5.82 Å². The maximum absolute atomic E-state index is 6.22. The van der Waals surface area contributed by atoms with E-state index in [4.69, 9.17) is 34.8 Å². The number of alkyl halides is 1. The van der Waals surface area contributed by atoms with Crippen molar-refractivity contribution in [3.63, 3.8) is 0 Å². The molecule has 21 heavy (non-hydrogen) atoms. The molecule has 2 aromatic rings. The zero-order chi connectivity index (χ0) is 15.2. The van der Waals surface area contributed by atoms with E-state index in [0.29, 0.717) is 22.0 Å². The van der Waals surface area contributed by atoms with Crippen molar-refractivity contribution in [2.24, 2.45) is 5.41 Å². The molecule has 3 rings (SSSR count). The molecule has 0 bridgehead atoms. The predicted molar refractivity (Wildman–Crippen MR) is 90.6 cm³/mol. The minimum absolute atomic E-state index is 0.235. The lowest BCUT2D eigenvalue weighted by Crippen LogP contribution is -2.31. The van der Waals surface area contributed by atoms with Crippen LogP contribution in [0.25, 0.3) is 11.0 Å². The minimum atomic E-state index is 0.235. The van der Waals surface area contributed by atoms with Crippen LogP contribution < -0.4 is 0 Å². The Morgan fingerprint density at radius 3 is 2.62 bits per heavy atom. The summed E-state index contributed by atoms with van der Waals surface area (Å²) in [6, 6.07) is 4.16. The number of aromatic nitrogens is 2. The third-order valence-corrected chi connectivity index (χ3v) is 5.65. The molecule has 1 aliphatic rings. The number of hydrogen-bond donors (Lipinski definition) is 0. The van der Waals surface area contributed by atoms with Gasteiger partial charge in [-0.25, -0.2) is 4.98 Å². The van der Waals surface area contributed by atoms with Crippen LogP contribution in [0.4, 0.5) is 0 Å². The Hall–Kier alpha value is -0.440. The fraction of sp³-hybridized carbons (Fsp3) is 0.562. The number of halogens is 3. The average Bonchev–Trinajstić information content (AvgIpc) is 2.76. The molecule has 5 heteroatoms. The Kier molecular flexibility index (Phi) is 4.15. The highest BCUT2D eigenvalue weighted by molar-refractivity contribution is 6.42. The Morgan fingerprint density at radius 2 is 1.95 bits per heavy atom. The van der Waals surface area contributed by atoms with Crippen LogP contribution in [0.2, 0.25) is 10.0 Å². The first-order chi connectivity index (χ1) is 9.94. The zero-order valence-corrected chi connectivity index (χ0v) is 14.6. The zero-order valence-electron chi connectivity index (χ0n) is 12.3. The predicted octanol–water partition coefficient (Wildman–Crippen LogP) is 6.22. The molecule has 0 saturated heterocycles. The highest BCUT2D eigenvalue weighted by atomic mass is 35.5. The van der Waals surface area contributed by atoms with Crippen LogP contribution >= 0.6 is 34.8 Å². The van der Waals surface area contributed by atoms with E-state index in [1.165, 1.54) is 19.3 Å². The summed E-state index contributed by atoms with van der Waals surface area (Å²) in [4.78, 5) is 4.66. The van der Waals surface area contributed by atoms with Gasteiger partial charge in [-0.15, -0.1) is 11.6 Å². The highest BCUT2D eigenvalue weighted by Gasteiger charge is 2.35. The molecule has 1 saturated carbocycles. The lowest BCUT2D eigenvalue weighted by Gasteiger charge is -2.40. The van der Waals surface area contributed by atoms with Crippen LogP contribution in [-0.4, -0.2) is 9.55 Å². The quantitative estimate of drug-likeness (QED) is 0.590. The molecule has 0 aliphatic heterocycles. The van der Waals surface area contributed by atoms with Gasteiger partial charge in [-0.05, 0) is 30.4 Å². The lowest BCUT2D eigenvalue weighted by molar-refractivity contribution is 0.145. The Balaban J connectivity index is 2.22. The van der Waals surface area contributed by atoms with Gasteiger partial charge in [-0.1, -0.05) is 49.9 Å². The van der Waals surface area contributed by atoms with E-state index in [-0.39, 0.29) is 5.41 Å². The van der Waals surface area contributed by atoms with E-state index in [9.17, 15) is 0 Å². The number of rotatable bonds is 2. The molecule has 1 atom stereocenters. The molecule has 2 nitrogen and oxygen atoms in total. The number of fused-ring (bicyclic) bond motifs is 1. The van der Waals surface area contributed by atoms with Crippen molar-refractivity contribution in [2.75, 3.05) is 0 Å². The SMILES string of the molecule is CC1(C)CCCCC1n1c(CCl)nc2cc(Cl)c(Cl)cc21. The summed E-state index contributed by atoms with van der Waals surface area (Å²) in [6.45, 7) is 4.66. The molecule has 1 heterocycles. The summed E-state index contributed by atoms with van der Waals surface area (Å²) < 4.78 is 2.30. The summed E-state index contributed by atoms with van der Waals surface area (Å²) >= 11 is 18.5. The van der Waals surface area contributed by atoms with Gasteiger partial charge in [0.05, 0.1) is 27.0 Å². The molecule has 0 spiro atoms. The van der Waals surface area contributed by atoms with E-state index >= 15 is 0 Å². The number of benzene rings is 1. The van der Waals surface area contributed by atoms with Gasteiger partial charge in [-0.3, -0.25) is 0 Å². The maximum atomic E-state index is 6.22. The van der Waals surface area contributed by atoms with Crippen molar-refractivity contribution >= 4 is 45.8 Å². The van der Waals surface area contributed by atoms with Crippen molar-refractivity contribution < 1.29 is 0 Å². The standard InChI is InChI=1S/C16H19Cl3N2/c1-16(2)6-4-3-5-14(16)21-13-8-11(19)10(18)7-12(13)20-15(21)9-17/h7-8,14H,3-6,9H2,1-2H3. The van der Waals surface area contributed by atoms with Gasteiger partial charge >= 0.3 is 0 Å². The van der Waals surface area contributed by atoms with Gasteiger partial charge < -0.3 is 4.57 Å². The summed E-state index contributed by atoms with van der Waals surface area (Å²) in [5, 5.41) is 1.11. The van der Waals surface area contributed by atoms with Crippen LogP contribution in [0.1, 0.15) is 51.4 Å². The van der Waals surface area contributed by atoms with Gasteiger partial charge in [0.15, 0.2) is 0 Å². The van der Waals surface area contributed by atoms with E-state index < -0.39 is 0 Å². The first-order valence-corrected chi connectivity index (χ1v) is 8.65.